The number of aliphatic hydroxyl groups is 1. The average molecular weight is 388 g/mol. The molecule has 4 heteroatoms. The summed E-state index contributed by atoms with van der Waals surface area (Å²) in [5, 5.41) is 11.1. The Balaban J connectivity index is 2.12. The van der Waals surface area contributed by atoms with Crippen molar-refractivity contribution in [1.82, 2.24) is 4.90 Å². The number of furan rings is 1. The molecule has 0 radical (unpaired) electrons. The Hall–Kier alpha value is -1.62. The maximum atomic E-state index is 11.1. The minimum Gasteiger partial charge on any atom is -0.462 e. The van der Waals surface area contributed by atoms with Crippen molar-refractivity contribution in [3.8, 4) is 0 Å². The molecule has 0 unspecified atom stereocenters. The van der Waals surface area contributed by atoms with Gasteiger partial charge in [-0.15, -0.1) is 24.5 Å². The number of thiophene rings is 1. The zero-order valence-electron chi connectivity index (χ0n) is 16.9. The molecule has 148 valence electrons. The van der Waals surface area contributed by atoms with Gasteiger partial charge in [-0.3, -0.25) is 4.90 Å². The number of hydrogen-bond donors (Lipinski definition) is 1. The van der Waals surface area contributed by atoms with Gasteiger partial charge in [0.2, 0.25) is 0 Å². The van der Waals surface area contributed by atoms with Crippen LogP contribution in [-0.4, -0.2) is 16.0 Å². The molecule has 0 fully saturated rings. The van der Waals surface area contributed by atoms with Gasteiger partial charge < -0.3 is 9.52 Å². The molecule has 3 nitrogen and oxygen atoms in total. The average Bonchev–Trinajstić information content (AvgIpc) is 3.27. The monoisotopic (exact) mass is 387 g/mol. The zero-order valence-corrected chi connectivity index (χ0v) is 17.7. The first-order valence-corrected chi connectivity index (χ1v) is 10.5. The number of hydrogen-bond acceptors (Lipinski definition) is 4. The van der Waals surface area contributed by atoms with Crippen LogP contribution in [0.2, 0.25) is 0 Å². The van der Waals surface area contributed by atoms with Gasteiger partial charge in [0.15, 0.2) is 0 Å². The van der Waals surface area contributed by atoms with Crippen LogP contribution in [0.3, 0.4) is 0 Å². The van der Waals surface area contributed by atoms with E-state index in [0.29, 0.717) is 24.6 Å². The van der Waals surface area contributed by atoms with Crippen molar-refractivity contribution in [3.63, 3.8) is 0 Å². The fourth-order valence-electron chi connectivity index (χ4n) is 3.16. The third-order valence-corrected chi connectivity index (χ3v) is 5.87. The molecule has 2 aromatic heterocycles. The van der Waals surface area contributed by atoms with Crippen LogP contribution >= 0.6 is 11.3 Å². The van der Waals surface area contributed by atoms with Crippen LogP contribution < -0.4 is 0 Å². The summed E-state index contributed by atoms with van der Waals surface area (Å²) in [7, 11) is 0. The lowest BCUT2D eigenvalue weighted by atomic mass is 9.89. The Bertz CT molecular complexity index is 716. The van der Waals surface area contributed by atoms with Crippen molar-refractivity contribution in [2.75, 3.05) is 0 Å². The summed E-state index contributed by atoms with van der Waals surface area (Å²) in [6, 6.07) is 8.70. The smallest absolute Gasteiger partial charge is 0.135 e. The van der Waals surface area contributed by atoms with E-state index < -0.39 is 5.60 Å². The molecule has 27 heavy (non-hydrogen) atoms. The van der Waals surface area contributed by atoms with Crippen molar-refractivity contribution in [1.29, 1.82) is 0 Å². The first-order valence-electron chi connectivity index (χ1n) is 9.70. The Labute approximate surface area is 168 Å². The summed E-state index contributed by atoms with van der Waals surface area (Å²) in [5.74, 6) is 1.54. The first kappa shape index (κ1) is 21.7. The minimum absolute atomic E-state index is 0.404. The van der Waals surface area contributed by atoms with E-state index in [1.807, 2.05) is 35.6 Å². The van der Waals surface area contributed by atoms with Crippen LogP contribution in [0, 0.1) is 6.92 Å². The van der Waals surface area contributed by atoms with Gasteiger partial charge >= 0.3 is 0 Å². The van der Waals surface area contributed by atoms with E-state index in [-0.39, 0.29) is 0 Å². The Kier molecular flexibility index (Phi) is 8.08. The first-order chi connectivity index (χ1) is 12.9. The summed E-state index contributed by atoms with van der Waals surface area (Å²) >= 11 is 1.84. The number of nitrogens with zero attached hydrogens (tertiary/aromatic N) is 1. The highest BCUT2D eigenvalue weighted by Crippen LogP contribution is 2.33. The second-order valence-electron chi connectivity index (χ2n) is 7.46. The maximum absolute atomic E-state index is 11.1. The van der Waals surface area contributed by atoms with E-state index in [2.05, 4.69) is 51.0 Å². The lowest BCUT2D eigenvalue weighted by Gasteiger charge is -2.26. The fraction of sp³-hybridized carbons (Fsp3) is 0.478. The number of aryl methyl sites for hydroxylation is 1. The molecule has 1 N–H and O–H groups in total. The zero-order chi connectivity index (χ0) is 19.9. The maximum Gasteiger partial charge on any atom is 0.135 e. The predicted molar refractivity (Wildman–Crippen MR) is 115 cm³/mol. The van der Waals surface area contributed by atoms with E-state index in [0.717, 1.165) is 31.7 Å². The quantitative estimate of drug-likeness (QED) is 0.442. The molecule has 0 aliphatic carbocycles. The SMILES string of the molecule is C=CCCC(O)(CCC=C)c1ccc(CN(Cc2ccc(C)s2)C(C)C)o1. The van der Waals surface area contributed by atoms with E-state index in [1.165, 1.54) is 9.75 Å². The van der Waals surface area contributed by atoms with Crippen molar-refractivity contribution in [2.45, 2.75) is 71.2 Å². The van der Waals surface area contributed by atoms with Gasteiger partial charge in [-0.2, -0.15) is 0 Å². The minimum atomic E-state index is -0.964. The lowest BCUT2D eigenvalue weighted by molar-refractivity contribution is -0.00232. The molecular weight excluding hydrogens is 354 g/mol. The summed E-state index contributed by atoms with van der Waals surface area (Å²) in [5.41, 5.74) is -0.964. The highest BCUT2D eigenvalue weighted by Gasteiger charge is 2.31. The second kappa shape index (κ2) is 10.1. The third kappa shape index (κ3) is 6.20. The third-order valence-electron chi connectivity index (χ3n) is 4.89. The molecule has 0 bridgehead atoms. The molecule has 0 spiro atoms. The molecule has 0 saturated heterocycles. The van der Waals surface area contributed by atoms with Crippen molar-refractivity contribution in [2.24, 2.45) is 0 Å². The van der Waals surface area contributed by atoms with Crippen LogP contribution in [0.15, 0.2) is 54.0 Å². The van der Waals surface area contributed by atoms with Crippen LogP contribution in [-0.2, 0) is 18.7 Å². The van der Waals surface area contributed by atoms with Gasteiger partial charge in [0.05, 0.1) is 6.54 Å². The van der Waals surface area contributed by atoms with E-state index in [1.54, 1.807) is 0 Å². The molecule has 2 aromatic rings. The summed E-state index contributed by atoms with van der Waals surface area (Å²) < 4.78 is 6.11. The van der Waals surface area contributed by atoms with Gasteiger partial charge in [0.1, 0.15) is 17.1 Å². The van der Waals surface area contributed by atoms with Gasteiger partial charge in [-0.1, -0.05) is 12.2 Å². The van der Waals surface area contributed by atoms with Gasteiger partial charge in [0.25, 0.3) is 0 Å². The summed E-state index contributed by atoms with van der Waals surface area (Å²) in [6.07, 6.45) is 6.40. The van der Waals surface area contributed by atoms with Crippen molar-refractivity contribution in [3.05, 3.63) is 70.9 Å². The van der Waals surface area contributed by atoms with Gasteiger partial charge in [0, 0.05) is 22.3 Å². The Morgan fingerprint density at radius 3 is 2.30 bits per heavy atom. The number of rotatable bonds is 12. The molecule has 0 amide bonds. The van der Waals surface area contributed by atoms with Gasteiger partial charge in [-0.25, -0.2) is 0 Å². The summed E-state index contributed by atoms with van der Waals surface area (Å²) in [4.78, 5) is 5.09. The van der Waals surface area contributed by atoms with E-state index in [9.17, 15) is 5.11 Å². The van der Waals surface area contributed by atoms with E-state index in [4.69, 9.17) is 4.42 Å². The highest BCUT2D eigenvalue weighted by molar-refractivity contribution is 7.11. The van der Waals surface area contributed by atoms with E-state index >= 15 is 0 Å². The topological polar surface area (TPSA) is 36.6 Å². The standard InChI is InChI=1S/C23H33NO2S/c1-6-8-14-23(25,15-9-7-2)22-13-11-20(26-22)16-24(18(3)4)17-21-12-10-19(5)27-21/h6-7,10-13,18,25H,1-2,8-9,14-17H2,3-5H3. The molecule has 0 aliphatic heterocycles. The van der Waals surface area contributed by atoms with Crippen molar-refractivity contribution < 1.29 is 9.52 Å². The fourth-order valence-corrected chi connectivity index (χ4v) is 4.07. The van der Waals surface area contributed by atoms with Crippen LogP contribution in [0.1, 0.15) is 60.8 Å². The molecule has 0 atom stereocenters. The van der Waals surface area contributed by atoms with Crippen LogP contribution in [0.4, 0.5) is 0 Å². The Morgan fingerprint density at radius 1 is 1.11 bits per heavy atom. The number of allylic oxidation sites excluding steroid dienone is 2. The highest BCUT2D eigenvalue weighted by atomic mass is 32.1. The molecule has 0 aliphatic rings. The molecule has 0 aromatic carbocycles. The molecule has 2 rings (SSSR count). The molecule has 0 saturated carbocycles. The van der Waals surface area contributed by atoms with Gasteiger partial charge in [-0.05, 0) is 70.7 Å². The normalized spacial score (nSPS) is 12.1. The molecular formula is C23H33NO2S. The second-order valence-corrected chi connectivity index (χ2v) is 8.84. The largest absolute Gasteiger partial charge is 0.462 e. The summed E-state index contributed by atoms with van der Waals surface area (Å²) in [6.45, 7) is 15.7. The lowest BCUT2D eigenvalue weighted by Crippen LogP contribution is -2.29. The predicted octanol–water partition coefficient (Wildman–Crippen LogP) is 6.18. The van der Waals surface area contributed by atoms with Crippen molar-refractivity contribution >= 4 is 11.3 Å². The van der Waals surface area contributed by atoms with Crippen LogP contribution in [0.25, 0.3) is 0 Å². The van der Waals surface area contributed by atoms with Crippen LogP contribution in [0.5, 0.6) is 0 Å². The molecule has 2 heterocycles. The Morgan fingerprint density at radius 2 is 1.78 bits per heavy atom.